The number of carbonyl (C=O) groups is 1. The molecule has 3 heterocycles. The molecule has 0 spiro atoms. The van der Waals surface area contributed by atoms with Crippen LogP contribution in [0.5, 0.6) is 5.75 Å². The van der Waals surface area contributed by atoms with Crippen molar-refractivity contribution in [2.24, 2.45) is 0 Å². The summed E-state index contributed by atoms with van der Waals surface area (Å²) in [6.45, 7) is 3.78. The number of piperidine rings is 1. The van der Waals surface area contributed by atoms with Crippen molar-refractivity contribution in [3.05, 3.63) is 45.8 Å². The minimum Gasteiger partial charge on any atom is -0.478 e. The minimum absolute atomic E-state index is 0.0567. The molecule has 1 aliphatic heterocycles. The van der Waals surface area contributed by atoms with Gasteiger partial charge in [-0.3, -0.25) is 9.59 Å². The standard InChI is InChI=1S/C24H27ClF2N6O3/c1-14(2)33-18-5-4-16(10-15(18)11-19(22(33)35)36-13-20(34)28-3)30-21-17(25)12-29-23(31-21)32-8-6-24(26,27)7-9-32/h4-5,10-12,14H,6-9,13H2,1-3H3,(H,28,34)(H,29,30,31). The lowest BCUT2D eigenvalue weighted by atomic mass is 10.1. The van der Waals surface area contributed by atoms with E-state index >= 15 is 0 Å². The number of benzene rings is 1. The van der Waals surface area contributed by atoms with Crippen LogP contribution in [0.4, 0.5) is 26.2 Å². The molecular formula is C24H27ClF2N6O3. The highest BCUT2D eigenvalue weighted by Crippen LogP contribution is 2.32. The number of alkyl halides is 2. The van der Waals surface area contributed by atoms with E-state index in [-0.39, 0.29) is 60.8 Å². The van der Waals surface area contributed by atoms with Crippen LogP contribution in [0.25, 0.3) is 10.9 Å². The molecule has 0 aliphatic carbocycles. The molecule has 2 aromatic heterocycles. The number of fused-ring (bicyclic) bond motifs is 1. The highest BCUT2D eigenvalue weighted by molar-refractivity contribution is 6.32. The molecule has 4 rings (SSSR count). The number of pyridine rings is 1. The van der Waals surface area contributed by atoms with Crippen LogP contribution in [0.2, 0.25) is 5.02 Å². The molecule has 9 nitrogen and oxygen atoms in total. The van der Waals surface area contributed by atoms with Gasteiger partial charge in [-0.15, -0.1) is 0 Å². The molecule has 12 heteroatoms. The van der Waals surface area contributed by atoms with Gasteiger partial charge >= 0.3 is 0 Å². The number of carbonyl (C=O) groups excluding carboxylic acids is 1. The average Bonchev–Trinajstić information content (AvgIpc) is 2.83. The second-order valence-corrected chi connectivity index (χ2v) is 9.25. The van der Waals surface area contributed by atoms with Crippen molar-refractivity contribution < 1.29 is 18.3 Å². The number of halogens is 3. The molecule has 2 N–H and O–H groups in total. The maximum Gasteiger partial charge on any atom is 0.293 e. The SMILES string of the molecule is CNC(=O)COc1cc2cc(Nc3nc(N4CCC(F)(F)CC4)ncc3Cl)ccc2n(C(C)C)c1=O. The van der Waals surface area contributed by atoms with E-state index in [9.17, 15) is 18.4 Å². The first-order valence-corrected chi connectivity index (χ1v) is 11.9. The fraction of sp³-hybridized carbons (Fsp3) is 0.417. The van der Waals surface area contributed by atoms with Crippen molar-refractivity contribution in [1.82, 2.24) is 19.9 Å². The van der Waals surface area contributed by atoms with E-state index in [1.54, 1.807) is 33.7 Å². The van der Waals surface area contributed by atoms with Crippen LogP contribution in [0.1, 0.15) is 32.7 Å². The zero-order chi connectivity index (χ0) is 26.0. The van der Waals surface area contributed by atoms with Crippen LogP contribution in [-0.2, 0) is 4.79 Å². The maximum absolute atomic E-state index is 13.5. The molecule has 0 bridgehead atoms. The lowest BCUT2D eigenvalue weighted by Gasteiger charge is -2.31. The fourth-order valence-corrected chi connectivity index (χ4v) is 4.14. The Morgan fingerprint density at radius 2 is 1.97 bits per heavy atom. The first-order chi connectivity index (χ1) is 17.1. The Labute approximate surface area is 211 Å². The lowest BCUT2D eigenvalue weighted by Crippen LogP contribution is -2.40. The predicted octanol–water partition coefficient (Wildman–Crippen LogP) is 4.13. The number of ether oxygens (including phenoxy) is 1. The van der Waals surface area contributed by atoms with Gasteiger partial charge in [-0.05, 0) is 38.1 Å². The van der Waals surface area contributed by atoms with Crippen molar-refractivity contribution in [1.29, 1.82) is 0 Å². The van der Waals surface area contributed by atoms with Gasteiger partial charge in [0.25, 0.3) is 17.4 Å². The van der Waals surface area contributed by atoms with Crippen molar-refractivity contribution >= 4 is 45.9 Å². The van der Waals surface area contributed by atoms with Gasteiger partial charge in [-0.2, -0.15) is 4.98 Å². The van der Waals surface area contributed by atoms with E-state index in [0.29, 0.717) is 28.4 Å². The van der Waals surface area contributed by atoms with E-state index in [2.05, 4.69) is 20.6 Å². The zero-order valence-electron chi connectivity index (χ0n) is 20.1. The van der Waals surface area contributed by atoms with Crippen LogP contribution in [0, 0.1) is 0 Å². The number of likely N-dealkylation sites (N-methyl/N-ethyl adjacent to an activating group) is 1. The first-order valence-electron chi connectivity index (χ1n) is 11.5. The highest BCUT2D eigenvalue weighted by atomic mass is 35.5. The van der Waals surface area contributed by atoms with E-state index in [1.165, 1.54) is 13.2 Å². The summed E-state index contributed by atoms with van der Waals surface area (Å²) in [5, 5.41) is 6.57. The quantitative estimate of drug-likeness (QED) is 0.483. The Morgan fingerprint density at radius 1 is 1.25 bits per heavy atom. The van der Waals surface area contributed by atoms with Gasteiger partial charge in [-0.25, -0.2) is 13.8 Å². The average molecular weight is 521 g/mol. The third-order valence-electron chi connectivity index (χ3n) is 5.93. The Hall–Kier alpha value is -3.47. The van der Waals surface area contributed by atoms with Crippen LogP contribution < -0.4 is 25.8 Å². The molecule has 1 amide bonds. The second-order valence-electron chi connectivity index (χ2n) is 8.85. The van der Waals surface area contributed by atoms with Crippen LogP contribution in [0.15, 0.2) is 35.3 Å². The molecular weight excluding hydrogens is 494 g/mol. The lowest BCUT2D eigenvalue weighted by molar-refractivity contribution is -0.122. The van der Waals surface area contributed by atoms with Crippen molar-refractivity contribution in [3.63, 3.8) is 0 Å². The smallest absolute Gasteiger partial charge is 0.293 e. The molecule has 1 aliphatic rings. The molecule has 3 aromatic rings. The fourth-order valence-electron chi connectivity index (χ4n) is 4.00. The summed E-state index contributed by atoms with van der Waals surface area (Å²) in [6.07, 6.45) is 0.920. The summed E-state index contributed by atoms with van der Waals surface area (Å²) in [7, 11) is 1.49. The molecule has 1 saturated heterocycles. The Bertz CT molecular complexity index is 1340. The molecule has 0 saturated carbocycles. The topological polar surface area (TPSA) is 101 Å². The van der Waals surface area contributed by atoms with E-state index in [1.807, 2.05) is 13.8 Å². The minimum atomic E-state index is -2.67. The number of nitrogens with one attached hydrogen (secondary N) is 2. The monoisotopic (exact) mass is 520 g/mol. The molecule has 0 radical (unpaired) electrons. The summed E-state index contributed by atoms with van der Waals surface area (Å²) in [4.78, 5) is 35.0. The van der Waals surface area contributed by atoms with Gasteiger partial charge in [0.2, 0.25) is 5.95 Å². The number of hydrogen-bond acceptors (Lipinski definition) is 7. The molecule has 36 heavy (non-hydrogen) atoms. The van der Waals surface area contributed by atoms with Gasteiger partial charge in [0, 0.05) is 50.1 Å². The molecule has 1 fully saturated rings. The van der Waals surface area contributed by atoms with Gasteiger partial charge < -0.3 is 24.8 Å². The highest BCUT2D eigenvalue weighted by Gasteiger charge is 2.35. The van der Waals surface area contributed by atoms with E-state index in [4.69, 9.17) is 16.3 Å². The van der Waals surface area contributed by atoms with Gasteiger partial charge in [0.15, 0.2) is 18.2 Å². The van der Waals surface area contributed by atoms with Crippen molar-refractivity contribution in [3.8, 4) is 5.75 Å². The third kappa shape index (κ3) is 5.51. The molecule has 0 unspecified atom stereocenters. The maximum atomic E-state index is 13.5. The number of aromatic nitrogens is 3. The zero-order valence-corrected chi connectivity index (χ0v) is 20.9. The van der Waals surface area contributed by atoms with Crippen LogP contribution >= 0.6 is 11.6 Å². The Kier molecular flexibility index (Phi) is 7.30. The number of nitrogens with zero attached hydrogens (tertiary/aromatic N) is 4. The van der Waals surface area contributed by atoms with Crippen LogP contribution in [-0.4, -0.2) is 53.1 Å². The number of anilines is 3. The largest absolute Gasteiger partial charge is 0.478 e. The number of amides is 1. The summed E-state index contributed by atoms with van der Waals surface area (Å²) >= 11 is 6.32. The first kappa shape index (κ1) is 25.6. The van der Waals surface area contributed by atoms with Gasteiger partial charge in [0.05, 0.1) is 11.7 Å². The second kappa shape index (κ2) is 10.3. The third-order valence-corrected chi connectivity index (χ3v) is 6.21. The van der Waals surface area contributed by atoms with Gasteiger partial charge in [-0.1, -0.05) is 11.6 Å². The summed E-state index contributed by atoms with van der Waals surface area (Å²) in [6, 6.07) is 6.82. The molecule has 192 valence electrons. The Morgan fingerprint density at radius 3 is 2.64 bits per heavy atom. The predicted molar refractivity (Wildman–Crippen MR) is 135 cm³/mol. The summed E-state index contributed by atoms with van der Waals surface area (Å²) in [5.41, 5.74) is 0.986. The summed E-state index contributed by atoms with van der Waals surface area (Å²) < 4.78 is 34.2. The van der Waals surface area contributed by atoms with E-state index < -0.39 is 5.92 Å². The number of hydrogen-bond donors (Lipinski definition) is 2. The van der Waals surface area contributed by atoms with Crippen molar-refractivity contribution in [2.45, 2.75) is 38.7 Å². The molecule has 0 atom stereocenters. The Balaban J connectivity index is 1.65. The van der Waals surface area contributed by atoms with Crippen molar-refractivity contribution in [2.75, 3.05) is 37.0 Å². The number of rotatable bonds is 7. The van der Waals surface area contributed by atoms with Crippen LogP contribution in [0.3, 0.4) is 0 Å². The van der Waals surface area contributed by atoms with Gasteiger partial charge in [0.1, 0.15) is 5.02 Å². The summed E-state index contributed by atoms with van der Waals surface area (Å²) in [5.74, 6) is -2.33. The normalized spacial score (nSPS) is 15.2. The van der Waals surface area contributed by atoms with E-state index in [0.717, 1.165) is 0 Å². The molecule has 1 aromatic carbocycles.